The van der Waals surface area contributed by atoms with Gasteiger partial charge in [0, 0.05) is 41.9 Å². The van der Waals surface area contributed by atoms with Gasteiger partial charge >= 0.3 is 0 Å². The normalized spacial score (nSPS) is 13.4. The van der Waals surface area contributed by atoms with E-state index in [0.717, 1.165) is 47.6 Å². The summed E-state index contributed by atoms with van der Waals surface area (Å²) in [5.41, 5.74) is 2.90. The fraction of sp³-hybridized carbons (Fsp3) is 0.250. The summed E-state index contributed by atoms with van der Waals surface area (Å²) in [6.45, 7) is 3.39. The fourth-order valence-electron chi connectivity index (χ4n) is 3.37. The molecule has 162 valence electrons. The monoisotopic (exact) mass is 445 g/mol. The Morgan fingerprint density at radius 2 is 1.84 bits per heavy atom. The van der Waals surface area contributed by atoms with E-state index in [4.69, 9.17) is 10.00 Å². The Labute approximate surface area is 191 Å². The Kier molecular flexibility index (Phi) is 7.33. The van der Waals surface area contributed by atoms with Crippen LogP contribution in [0.3, 0.4) is 0 Å². The zero-order chi connectivity index (χ0) is 22.2. The van der Waals surface area contributed by atoms with E-state index in [2.05, 4.69) is 44.5 Å². The minimum absolute atomic E-state index is 0.00497. The van der Waals surface area contributed by atoms with Crippen molar-refractivity contribution < 1.29 is 9.53 Å². The van der Waals surface area contributed by atoms with Gasteiger partial charge in [0.15, 0.2) is 0 Å². The van der Waals surface area contributed by atoms with Crippen LogP contribution >= 0.6 is 11.8 Å². The number of ether oxygens (including phenoxy) is 1. The van der Waals surface area contributed by atoms with Crippen molar-refractivity contribution in [2.24, 2.45) is 0 Å². The Balaban J connectivity index is 1.37. The lowest BCUT2D eigenvalue weighted by Gasteiger charge is -2.28. The first-order valence-electron chi connectivity index (χ1n) is 10.4. The number of amides is 1. The third kappa shape index (κ3) is 5.84. The van der Waals surface area contributed by atoms with Gasteiger partial charge in [-0.2, -0.15) is 5.26 Å². The van der Waals surface area contributed by atoms with Crippen LogP contribution in [-0.4, -0.2) is 48.7 Å². The molecule has 4 rings (SSSR count). The Hall–Kier alpha value is -3.41. The maximum Gasteiger partial charge on any atom is 0.252 e. The van der Waals surface area contributed by atoms with Gasteiger partial charge in [0.05, 0.1) is 19.3 Å². The van der Waals surface area contributed by atoms with Gasteiger partial charge in [-0.1, -0.05) is 23.9 Å². The van der Waals surface area contributed by atoms with Gasteiger partial charge in [-0.3, -0.25) is 4.79 Å². The molecule has 1 saturated heterocycles. The van der Waals surface area contributed by atoms with E-state index >= 15 is 0 Å². The summed E-state index contributed by atoms with van der Waals surface area (Å²) in [7, 11) is 0. The molecule has 2 heterocycles. The number of nitriles is 1. The van der Waals surface area contributed by atoms with E-state index in [1.807, 2.05) is 24.3 Å². The van der Waals surface area contributed by atoms with Crippen LogP contribution < -0.4 is 10.2 Å². The predicted octanol–water partition coefficient (Wildman–Crippen LogP) is 3.31. The molecule has 0 saturated carbocycles. The highest BCUT2D eigenvalue weighted by Gasteiger charge is 2.11. The minimum atomic E-state index is -0.257. The zero-order valence-electron chi connectivity index (χ0n) is 17.5. The quantitative estimate of drug-likeness (QED) is 0.441. The SMILES string of the molecule is N#CCNC(=O)c1ccc(Sc2ccnc(Cc3ccc(N4CCOCC4)cc3)n2)cc1. The number of aromatic nitrogens is 2. The molecule has 1 N–H and O–H groups in total. The number of hydrogen-bond acceptors (Lipinski definition) is 7. The number of hydrogen-bond donors (Lipinski definition) is 1. The lowest BCUT2D eigenvalue weighted by Crippen LogP contribution is -2.36. The molecule has 0 atom stereocenters. The van der Waals surface area contributed by atoms with Gasteiger partial charge in [0.1, 0.15) is 17.4 Å². The van der Waals surface area contributed by atoms with Crippen molar-refractivity contribution in [2.75, 3.05) is 37.7 Å². The molecule has 32 heavy (non-hydrogen) atoms. The maximum absolute atomic E-state index is 11.9. The zero-order valence-corrected chi connectivity index (χ0v) is 18.3. The minimum Gasteiger partial charge on any atom is -0.378 e. The molecule has 1 aliphatic heterocycles. The first-order chi connectivity index (χ1) is 15.7. The summed E-state index contributed by atoms with van der Waals surface area (Å²) in [4.78, 5) is 24.3. The van der Waals surface area contributed by atoms with Crippen molar-refractivity contribution in [3.05, 3.63) is 77.7 Å². The van der Waals surface area contributed by atoms with Gasteiger partial charge < -0.3 is 15.0 Å². The first-order valence-corrected chi connectivity index (χ1v) is 11.2. The second kappa shape index (κ2) is 10.8. The average molecular weight is 446 g/mol. The molecule has 2 aromatic carbocycles. The number of rotatable bonds is 7. The lowest BCUT2D eigenvalue weighted by molar-refractivity contribution is 0.0958. The number of nitrogens with zero attached hydrogens (tertiary/aromatic N) is 4. The van der Waals surface area contributed by atoms with Crippen LogP contribution in [0.15, 0.2) is 70.7 Å². The molecule has 1 aliphatic rings. The van der Waals surface area contributed by atoms with Crippen LogP contribution in [0.25, 0.3) is 0 Å². The number of anilines is 1. The van der Waals surface area contributed by atoms with Crippen molar-refractivity contribution in [3.8, 4) is 6.07 Å². The second-order valence-electron chi connectivity index (χ2n) is 7.22. The first kappa shape index (κ1) is 21.8. The summed E-state index contributed by atoms with van der Waals surface area (Å²) in [5, 5.41) is 11.9. The van der Waals surface area contributed by atoms with Gasteiger partial charge in [0.25, 0.3) is 5.91 Å². The summed E-state index contributed by atoms with van der Waals surface area (Å²) in [5.74, 6) is 0.508. The molecule has 1 amide bonds. The highest BCUT2D eigenvalue weighted by molar-refractivity contribution is 7.99. The van der Waals surface area contributed by atoms with E-state index in [0.29, 0.717) is 12.0 Å². The molecule has 1 fully saturated rings. The number of benzene rings is 2. The number of carbonyl (C=O) groups is 1. The van der Waals surface area contributed by atoms with E-state index < -0.39 is 0 Å². The molecule has 1 aromatic heterocycles. The molecular formula is C24H23N5O2S. The van der Waals surface area contributed by atoms with Crippen molar-refractivity contribution in [2.45, 2.75) is 16.3 Å². The van der Waals surface area contributed by atoms with Crippen molar-refractivity contribution in [3.63, 3.8) is 0 Å². The molecule has 8 heteroatoms. The van der Waals surface area contributed by atoms with Crippen molar-refractivity contribution in [1.29, 1.82) is 5.26 Å². The van der Waals surface area contributed by atoms with Crippen molar-refractivity contribution >= 4 is 23.4 Å². The second-order valence-corrected chi connectivity index (χ2v) is 8.31. The van der Waals surface area contributed by atoms with Crippen LogP contribution in [-0.2, 0) is 11.2 Å². The van der Waals surface area contributed by atoms with Gasteiger partial charge in [-0.25, -0.2) is 9.97 Å². The molecule has 0 bridgehead atoms. The third-order valence-electron chi connectivity index (χ3n) is 5.02. The van der Waals surface area contributed by atoms with Crippen LogP contribution in [0.2, 0.25) is 0 Å². The largest absolute Gasteiger partial charge is 0.378 e. The average Bonchev–Trinajstić information content (AvgIpc) is 2.84. The summed E-state index contributed by atoms with van der Waals surface area (Å²) < 4.78 is 5.42. The van der Waals surface area contributed by atoms with E-state index in [1.165, 1.54) is 17.4 Å². The highest BCUT2D eigenvalue weighted by atomic mass is 32.2. The van der Waals surface area contributed by atoms with Gasteiger partial charge in [-0.05, 0) is 48.0 Å². The fourth-order valence-corrected chi connectivity index (χ4v) is 4.16. The maximum atomic E-state index is 11.9. The Morgan fingerprint density at radius 3 is 2.56 bits per heavy atom. The summed E-state index contributed by atoms with van der Waals surface area (Å²) in [6, 6.07) is 19.6. The predicted molar refractivity (Wildman–Crippen MR) is 123 cm³/mol. The van der Waals surface area contributed by atoms with Crippen molar-refractivity contribution in [1.82, 2.24) is 15.3 Å². The molecule has 0 aliphatic carbocycles. The third-order valence-corrected chi connectivity index (χ3v) is 5.97. The lowest BCUT2D eigenvalue weighted by atomic mass is 10.1. The Morgan fingerprint density at radius 1 is 1.09 bits per heavy atom. The van der Waals surface area contributed by atoms with E-state index in [9.17, 15) is 4.79 Å². The topological polar surface area (TPSA) is 91.1 Å². The van der Waals surface area contributed by atoms with E-state index in [-0.39, 0.29) is 12.5 Å². The smallest absolute Gasteiger partial charge is 0.252 e. The highest BCUT2D eigenvalue weighted by Crippen LogP contribution is 2.26. The molecule has 0 unspecified atom stereocenters. The van der Waals surface area contributed by atoms with Crippen LogP contribution in [0, 0.1) is 11.3 Å². The standard InChI is InChI=1S/C24H23N5O2S/c25-10-12-27-24(30)19-3-7-21(8-4-19)32-23-9-11-26-22(28-23)17-18-1-5-20(6-2-18)29-13-15-31-16-14-29/h1-9,11H,12-17H2,(H,27,30). The molecular weight excluding hydrogens is 422 g/mol. The van der Waals surface area contributed by atoms with Crippen LogP contribution in [0.4, 0.5) is 5.69 Å². The number of morpholine rings is 1. The number of carbonyl (C=O) groups excluding carboxylic acids is 1. The van der Waals surface area contributed by atoms with Gasteiger partial charge in [-0.15, -0.1) is 0 Å². The molecule has 0 spiro atoms. The molecule has 0 radical (unpaired) electrons. The van der Waals surface area contributed by atoms with Crippen LogP contribution in [0.1, 0.15) is 21.7 Å². The van der Waals surface area contributed by atoms with Crippen LogP contribution in [0.5, 0.6) is 0 Å². The van der Waals surface area contributed by atoms with Gasteiger partial charge in [0.2, 0.25) is 0 Å². The summed E-state index contributed by atoms with van der Waals surface area (Å²) >= 11 is 1.52. The Bertz CT molecular complexity index is 1090. The molecule has 3 aromatic rings. The summed E-state index contributed by atoms with van der Waals surface area (Å²) in [6.07, 6.45) is 2.44. The van der Waals surface area contributed by atoms with E-state index in [1.54, 1.807) is 18.3 Å². The number of nitrogens with one attached hydrogen (secondary N) is 1. The molecule has 7 nitrogen and oxygen atoms in total.